The van der Waals surface area contributed by atoms with E-state index in [9.17, 15) is 18.5 Å². The number of rotatable bonds is 6. The Morgan fingerprint density at radius 2 is 2.05 bits per heavy atom. The van der Waals surface area contributed by atoms with Gasteiger partial charge in [0.05, 0.1) is 36.1 Å². The fourth-order valence-corrected chi connectivity index (χ4v) is 3.39. The molecule has 0 amide bonds. The summed E-state index contributed by atoms with van der Waals surface area (Å²) in [7, 11) is -3.79. The highest BCUT2D eigenvalue weighted by atomic mass is 35.5. The van der Waals surface area contributed by atoms with Crippen molar-refractivity contribution in [1.82, 2.24) is 4.72 Å². The van der Waals surface area contributed by atoms with Crippen LogP contribution in [0.25, 0.3) is 0 Å². The zero-order valence-electron chi connectivity index (χ0n) is 11.7. The molecule has 1 aliphatic heterocycles. The van der Waals surface area contributed by atoms with Gasteiger partial charge in [-0.2, -0.15) is 0 Å². The van der Waals surface area contributed by atoms with E-state index < -0.39 is 20.6 Å². The number of nitrogens with one attached hydrogen (secondary N) is 2. The Morgan fingerprint density at radius 3 is 2.68 bits per heavy atom. The van der Waals surface area contributed by atoms with Crippen LogP contribution in [0.2, 0.25) is 5.02 Å². The molecule has 0 aliphatic carbocycles. The number of hydrogen-bond acceptors (Lipinski definition) is 5. The molecule has 0 spiro atoms. The van der Waals surface area contributed by atoms with Gasteiger partial charge in [-0.3, -0.25) is 10.1 Å². The molecule has 0 atom stereocenters. The molecule has 1 aromatic rings. The molecule has 1 aromatic carbocycles. The number of nitro benzene ring substituents is 1. The van der Waals surface area contributed by atoms with Gasteiger partial charge in [-0.1, -0.05) is 11.6 Å². The average molecular weight is 351 g/mol. The molecule has 2 rings (SSSR count). The van der Waals surface area contributed by atoms with Crippen LogP contribution in [0.1, 0.15) is 0 Å². The molecule has 0 bridgehead atoms. The monoisotopic (exact) mass is 350 g/mol. The molecule has 0 unspecified atom stereocenters. The summed E-state index contributed by atoms with van der Waals surface area (Å²) < 4.78 is 32.0. The third-order valence-corrected chi connectivity index (χ3v) is 5.17. The smallest absolute Gasteiger partial charge is 0.289 e. The number of ether oxygens (including phenoxy) is 1. The molecule has 22 heavy (non-hydrogen) atoms. The average Bonchev–Trinajstić information content (AvgIpc) is 2.48. The minimum absolute atomic E-state index is 0.0956. The summed E-state index contributed by atoms with van der Waals surface area (Å²) in [5.74, 6) is 0. The Kier molecular flexibility index (Phi) is 5.70. The van der Waals surface area contributed by atoms with E-state index in [4.69, 9.17) is 16.3 Å². The number of halogens is 1. The summed E-state index contributed by atoms with van der Waals surface area (Å²) in [6.45, 7) is 3.92. The van der Waals surface area contributed by atoms with E-state index in [-0.39, 0.29) is 16.5 Å². The fraction of sp³-hybridized carbons (Fsp3) is 0.500. The van der Waals surface area contributed by atoms with Crippen molar-refractivity contribution in [3.05, 3.63) is 33.3 Å². The zero-order chi connectivity index (χ0) is 16.2. The number of hydrogen-bond donors (Lipinski definition) is 2. The Bertz CT molecular complexity index is 646. The molecule has 2 N–H and O–H groups in total. The van der Waals surface area contributed by atoms with Gasteiger partial charge < -0.3 is 9.64 Å². The van der Waals surface area contributed by atoms with Gasteiger partial charge in [-0.15, -0.1) is 0 Å². The molecule has 1 saturated heterocycles. The van der Waals surface area contributed by atoms with Crippen molar-refractivity contribution >= 4 is 27.3 Å². The van der Waals surface area contributed by atoms with Gasteiger partial charge in [0.1, 0.15) is 18.1 Å². The molecule has 122 valence electrons. The lowest BCUT2D eigenvalue weighted by Crippen LogP contribution is -3.14. The number of benzene rings is 1. The predicted molar refractivity (Wildman–Crippen MR) is 79.7 cm³/mol. The summed E-state index contributed by atoms with van der Waals surface area (Å²) in [4.78, 5) is 11.2. The normalized spacial score (nSPS) is 16.6. The summed E-state index contributed by atoms with van der Waals surface area (Å²) in [6, 6.07) is 3.42. The molecular weight excluding hydrogens is 334 g/mol. The van der Waals surface area contributed by atoms with Crippen LogP contribution >= 0.6 is 11.6 Å². The van der Waals surface area contributed by atoms with E-state index in [1.54, 1.807) is 0 Å². The molecule has 0 aromatic heterocycles. The van der Waals surface area contributed by atoms with Crippen LogP contribution in [-0.2, 0) is 14.8 Å². The highest BCUT2D eigenvalue weighted by molar-refractivity contribution is 7.89. The van der Waals surface area contributed by atoms with Gasteiger partial charge in [0, 0.05) is 6.07 Å². The minimum atomic E-state index is -3.79. The lowest BCUT2D eigenvalue weighted by molar-refractivity contribution is -0.906. The maximum atomic E-state index is 12.1. The first-order valence-electron chi connectivity index (χ1n) is 6.75. The van der Waals surface area contributed by atoms with Crippen LogP contribution in [0.3, 0.4) is 0 Å². The maximum Gasteiger partial charge on any atom is 0.289 e. The number of quaternary nitrogens is 1. The fourth-order valence-electron chi connectivity index (χ4n) is 2.16. The van der Waals surface area contributed by atoms with E-state index in [2.05, 4.69) is 4.72 Å². The molecule has 1 aliphatic rings. The molecule has 8 nitrogen and oxygen atoms in total. The molecule has 1 fully saturated rings. The quantitative estimate of drug-likeness (QED) is 0.529. The SMILES string of the molecule is O=[N+]([O-])c1cc(S(=O)(=O)NCC[NH+]2CCOCC2)ccc1Cl. The minimum Gasteiger partial charge on any atom is -0.370 e. The number of nitrogens with zero attached hydrogens (tertiary/aromatic N) is 1. The second-order valence-electron chi connectivity index (χ2n) is 4.88. The van der Waals surface area contributed by atoms with Crippen molar-refractivity contribution in [2.24, 2.45) is 0 Å². The van der Waals surface area contributed by atoms with Crippen molar-refractivity contribution in [3.8, 4) is 0 Å². The number of sulfonamides is 1. The molecule has 1 heterocycles. The number of nitro groups is 1. The van der Waals surface area contributed by atoms with Crippen LogP contribution in [-0.4, -0.2) is 52.7 Å². The van der Waals surface area contributed by atoms with Crippen molar-refractivity contribution in [2.75, 3.05) is 39.4 Å². The van der Waals surface area contributed by atoms with Gasteiger partial charge in [-0.05, 0) is 12.1 Å². The highest BCUT2D eigenvalue weighted by Crippen LogP contribution is 2.26. The standard InChI is InChI=1S/C12H16ClN3O5S/c13-11-2-1-10(9-12(11)16(17)18)22(19,20)14-3-4-15-5-7-21-8-6-15/h1-2,9,14H,3-8H2/p+1. The molecule has 0 saturated carbocycles. The third kappa shape index (κ3) is 4.37. The lowest BCUT2D eigenvalue weighted by atomic mass is 10.3. The Morgan fingerprint density at radius 1 is 1.36 bits per heavy atom. The topological polar surface area (TPSA) is 103 Å². The number of morpholine rings is 1. The van der Waals surface area contributed by atoms with Gasteiger partial charge in [0.15, 0.2) is 0 Å². The van der Waals surface area contributed by atoms with Crippen LogP contribution in [0, 0.1) is 10.1 Å². The second kappa shape index (κ2) is 7.34. The van der Waals surface area contributed by atoms with Gasteiger partial charge in [0.25, 0.3) is 5.69 Å². The van der Waals surface area contributed by atoms with Gasteiger partial charge >= 0.3 is 0 Å². The summed E-state index contributed by atoms with van der Waals surface area (Å²) in [5.41, 5.74) is -0.427. The van der Waals surface area contributed by atoms with E-state index in [0.717, 1.165) is 19.2 Å². The summed E-state index contributed by atoms with van der Waals surface area (Å²) >= 11 is 5.68. The van der Waals surface area contributed by atoms with Gasteiger partial charge in [0.2, 0.25) is 10.0 Å². The highest BCUT2D eigenvalue weighted by Gasteiger charge is 2.21. The van der Waals surface area contributed by atoms with Crippen LogP contribution in [0.5, 0.6) is 0 Å². The van der Waals surface area contributed by atoms with Crippen molar-refractivity contribution in [3.63, 3.8) is 0 Å². The Hall–Kier alpha value is -1.26. The van der Waals surface area contributed by atoms with Crippen LogP contribution in [0.15, 0.2) is 23.1 Å². The summed E-state index contributed by atoms with van der Waals surface area (Å²) in [6.07, 6.45) is 0. The first kappa shape index (κ1) is 17.1. The maximum absolute atomic E-state index is 12.1. The van der Waals surface area contributed by atoms with E-state index in [1.807, 2.05) is 0 Å². The van der Waals surface area contributed by atoms with Gasteiger partial charge in [-0.25, -0.2) is 13.1 Å². The third-order valence-electron chi connectivity index (χ3n) is 3.40. The predicted octanol–water partition coefficient (Wildman–Crippen LogP) is -0.558. The first-order valence-corrected chi connectivity index (χ1v) is 8.61. The Balaban J connectivity index is 2.00. The lowest BCUT2D eigenvalue weighted by Gasteiger charge is -2.23. The molecule has 10 heteroatoms. The Labute approximate surface area is 133 Å². The molecule has 0 radical (unpaired) electrons. The van der Waals surface area contributed by atoms with E-state index in [1.165, 1.54) is 17.0 Å². The van der Waals surface area contributed by atoms with Crippen molar-refractivity contribution < 1.29 is 23.0 Å². The zero-order valence-corrected chi connectivity index (χ0v) is 13.3. The second-order valence-corrected chi connectivity index (χ2v) is 7.05. The van der Waals surface area contributed by atoms with E-state index >= 15 is 0 Å². The first-order chi connectivity index (χ1) is 10.4. The summed E-state index contributed by atoms with van der Waals surface area (Å²) in [5, 5.41) is 10.7. The van der Waals surface area contributed by atoms with Crippen molar-refractivity contribution in [1.29, 1.82) is 0 Å². The largest absolute Gasteiger partial charge is 0.370 e. The van der Waals surface area contributed by atoms with E-state index in [0.29, 0.717) is 19.8 Å². The van der Waals surface area contributed by atoms with Crippen molar-refractivity contribution in [2.45, 2.75) is 4.90 Å². The van der Waals surface area contributed by atoms with Crippen LogP contribution in [0.4, 0.5) is 5.69 Å². The van der Waals surface area contributed by atoms with Crippen LogP contribution < -0.4 is 9.62 Å². The molecular formula is C12H17ClN3O5S+.